The lowest BCUT2D eigenvalue weighted by Gasteiger charge is -2.10. The van der Waals surface area contributed by atoms with Gasteiger partial charge in [0.25, 0.3) is 0 Å². The molecule has 0 aliphatic rings. The Bertz CT molecular complexity index is 889. The number of carboxylic acids is 1. The Hall–Kier alpha value is -3.31. The van der Waals surface area contributed by atoms with Crippen LogP contribution in [0.5, 0.6) is 0 Å². The molecule has 0 amide bonds. The van der Waals surface area contributed by atoms with Crippen molar-refractivity contribution in [1.29, 1.82) is 0 Å². The van der Waals surface area contributed by atoms with Crippen molar-refractivity contribution < 1.29 is 23.1 Å². The Morgan fingerprint density at radius 3 is 2.40 bits per heavy atom. The Balaban J connectivity index is 1.92. The van der Waals surface area contributed by atoms with E-state index in [4.69, 9.17) is 5.11 Å². The van der Waals surface area contributed by atoms with E-state index in [1.54, 1.807) is 12.1 Å². The second-order valence-corrected chi connectivity index (χ2v) is 4.99. The third kappa shape index (κ3) is 3.46. The number of carboxylic acid groups (broad SMARTS) is 1. The first kappa shape index (κ1) is 16.5. The number of hydrogen-bond acceptors (Lipinski definition) is 6. The normalized spacial score (nSPS) is 11.6. The molecular formula is C13H10F3N7O2. The van der Waals surface area contributed by atoms with Gasteiger partial charge in [-0.1, -0.05) is 35.5 Å². The first-order valence-electron chi connectivity index (χ1n) is 6.89. The summed E-state index contributed by atoms with van der Waals surface area (Å²) in [6.45, 7) is -0.236. The van der Waals surface area contributed by atoms with Crippen LogP contribution in [0, 0.1) is 0 Å². The first-order chi connectivity index (χ1) is 11.9. The van der Waals surface area contributed by atoms with Gasteiger partial charge in [-0.05, 0) is 16.0 Å². The van der Waals surface area contributed by atoms with Crippen molar-refractivity contribution in [2.24, 2.45) is 0 Å². The maximum absolute atomic E-state index is 13.2. The van der Waals surface area contributed by atoms with Crippen LogP contribution in [0.15, 0.2) is 30.3 Å². The molecule has 0 unspecified atom stereocenters. The van der Waals surface area contributed by atoms with Crippen LogP contribution >= 0.6 is 0 Å². The van der Waals surface area contributed by atoms with Gasteiger partial charge in [-0.25, -0.2) is 14.2 Å². The fraction of sp³-hybridized carbons (Fsp3) is 0.231. The molecule has 0 fully saturated rings. The molecule has 0 aliphatic heterocycles. The highest BCUT2D eigenvalue weighted by Gasteiger charge is 2.41. The monoisotopic (exact) mass is 353 g/mol. The van der Waals surface area contributed by atoms with Gasteiger partial charge in [0.05, 0.1) is 6.54 Å². The van der Waals surface area contributed by atoms with Gasteiger partial charge in [-0.15, -0.1) is 10.2 Å². The van der Waals surface area contributed by atoms with Gasteiger partial charge in [-0.3, -0.25) is 0 Å². The lowest BCUT2D eigenvalue weighted by Crippen LogP contribution is -2.20. The molecule has 1 N–H and O–H groups in total. The van der Waals surface area contributed by atoms with E-state index in [1.807, 2.05) is 18.2 Å². The molecule has 0 saturated carbocycles. The average Bonchev–Trinajstić information content (AvgIpc) is 3.16. The van der Waals surface area contributed by atoms with Crippen molar-refractivity contribution in [2.45, 2.75) is 19.3 Å². The number of aromatic nitrogens is 7. The summed E-state index contributed by atoms with van der Waals surface area (Å²) in [5, 5.41) is 26.1. The van der Waals surface area contributed by atoms with Gasteiger partial charge in [0, 0.05) is 0 Å². The van der Waals surface area contributed by atoms with Crippen molar-refractivity contribution in [3.63, 3.8) is 0 Å². The van der Waals surface area contributed by atoms with E-state index >= 15 is 0 Å². The van der Waals surface area contributed by atoms with E-state index in [2.05, 4.69) is 25.8 Å². The van der Waals surface area contributed by atoms with Crippen LogP contribution in [0.25, 0.3) is 0 Å². The fourth-order valence-corrected chi connectivity index (χ4v) is 2.20. The van der Waals surface area contributed by atoms with E-state index in [0.29, 0.717) is 4.68 Å². The van der Waals surface area contributed by atoms with Gasteiger partial charge >= 0.3 is 12.1 Å². The predicted molar refractivity (Wildman–Crippen MR) is 74.4 cm³/mol. The zero-order chi connectivity index (χ0) is 18.0. The number of nitrogens with zero attached hydrogens (tertiary/aromatic N) is 7. The Morgan fingerprint density at radius 2 is 1.76 bits per heavy atom. The topological polar surface area (TPSA) is 112 Å². The van der Waals surface area contributed by atoms with E-state index in [0.717, 1.165) is 5.56 Å². The van der Waals surface area contributed by atoms with Crippen LogP contribution < -0.4 is 0 Å². The summed E-state index contributed by atoms with van der Waals surface area (Å²) in [5.41, 5.74) is -1.79. The van der Waals surface area contributed by atoms with Crippen molar-refractivity contribution >= 4 is 5.97 Å². The number of halogens is 3. The molecule has 3 rings (SSSR count). The molecule has 0 atom stereocenters. The molecule has 12 heteroatoms. The molecule has 0 radical (unpaired) electrons. The molecule has 1 aromatic carbocycles. The number of alkyl halides is 3. The van der Waals surface area contributed by atoms with Crippen molar-refractivity contribution in [2.75, 3.05) is 0 Å². The van der Waals surface area contributed by atoms with E-state index in [1.165, 1.54) is 4.68 Å². The van der Waals surface area contributed by atoms with Crippen molar-refractivity contribution in [1.82, 2.24) is 35.2 Å². The maximum atomic E-state index is 13.2. The summed E-state index contributed by atoms with van der Waals surface area (Å²) in [5.74, 6) is -1.74. The molecule has 3 aromatic rings. The molecule has 0 bridgehead atoms. The number of benzene rings is 1. The Labute approximate surface area is 137 Å². The highest BCUT2D eigenvalue weighted by atomic mass is 19.4. The average molecular weight is 353 g/mol. The largest absolute Gasteiger partial charge is 0.476 e. The fourth-order valence-electron chi connectivity index (χ4n) is 2.20. The first-order valence-corrected chi connectivity index (χ1v) is 6.89. The van der Waals surface area contributed by atoms with Crippen LogP contribution in [0.2, 0.25) is 0 Å². The standard InChI is InChI=1S/C13H10F3N7O2/c14-13(15,16)11-10(12(24)25)18-20-23(11)7-9-17-19-21-22(9)6-8-4-2-1-3-5-8/h1-5H,6-7H2,(H,24,25). The highest BCUT2D eigenvalue weighted by molar-refractivity contribution is 5.86. The quantitative estimate of drug-likeness (QED) is 0.730. The maximum Gasteiger partial charge on any atom is 0.435 e. The number of aromatic carboxylic acids is 1. The van der Waals surface area contributed by atoms with Gasteiger partial charge in [-0.2, -0.15) is 13.2 Å². The number of tetrazole rings is 1. The molecule has 0 aliphatic carbocycles. The third-order valence-electron chi connectivity index (χ3n) is 3.28. The van der Waals surface area contributed by atoms with Crippen molar-refractivity contribution in [3.8, 4) is 0 Å². The van der Waals surface area contributed by atoms with Crippen LogP contribution in [0.4, 0.5) is 13.2 Å². The SMILES string of the molecule is O=C(O)c1nnn(Cc2nnnn2Cc2ccccc2)c1C(F)(F)F. The molecule has 130 valence electrons. The van der Waals surface area contributed by atoms with E-state index in [-0.39, 0.29) is 12.4 Å². The van der Waals surface area contributed by atoms with Crippen LogP contribution in [-0.2, 0) is 19.3 Å². The lowest BCUT2D eigenvalue weighted by molar-refractivity contribution is -0.144. The van der Waals surface area contributed by atoms with Gasteiger partial charge in [0.15, 0.2) is 11.5 Å². The zero-order valence-corrected chi connectivity index (χ0v) is 12.4. The predicted octanol–water partition coefficient (Wildman–Crippen LogP) is 1.08. The number of rotatable bonds is 5. The summed E-state index contributed by atoms with van der Waals surface area (Å²) in [6, 6.07) is 9.05. The minimum absolute atomic E-state index is 0.0798. The van der Waals surface area contributed by atoms with E-state index < -0.39 is 30.1 Å². The summed E-state index contributed by atoms with van der Waals surface area (Å²) >= 11 is 0. The van der Waals surface area contributed by atoms with Crippen LogP contribution in [-0.4, -0.2) is 46.3 Å². The molecular weight excluding hydrogens is 343 g/mol. The lowest BCUT2D eigenvalue weighted by atomic mass is 10.2. The second kappa shape index (κ2) is 6.30. The molecule has 0 saturated heterocycles. The number of carbonyl (C=O) groups is 1. The minimum Gasteiger partial charge on any atom is -0.476 e. The Morgan fingerprint density at radius 1 is 1.04 bits per heavy atom. The molecule has 0 spiro atoms. The van der Waals surface area contributed by atoms with E-state index in [9.17, 15) is 18.0 Å². The van der Waals surface area contributed by atoms with Crippen LogP contribution in [0.1, 0.15) is 27.6 Å². The van der Waals surface area contributed by atoms with Crippen LogP contribution in [0.3, 0.4) is 0 Å². The molecule has 2 heterocycles. The van der Waals surface area contributed by atoms with Crippen molar-refractivity contribution in [3.05, 3.63) is 53.1 Å². The summed E-state index contributed by atoms with van der Waals surface area (Å²) in [4.78, 5) is 10.9. The third-order valence-corrected chi connectivity index (χ3v) is 3.28. The van der Waals surface area contributed by atoms with Gasteiger partial charge in [0.1, 0.15) is 6.54 Å². The zero-order valence-electron chi connectivity index (χ0n) is 12.4. The minimum atomic E-state index is -4.94. The summed E-state index contributed by atoms with van der Waals surface area (Å²) in [6.07, 6.45) is -4.94. The van der Waals surface area contributed by atoms with Gasteiger partial charge < -0.3 is 5.11 Å². The van der Waals surface area contributed by atoms with Gasteiger partial charge in [0.2, 0.25) is 5.69 Å². The second-order valence-electron chi connectivity index (χ2n) is 4.99. The number of hydrogen-bond donors (Lipinski definition) is 1. The molecule has 2 aromatic heterocycles. The summed E-state index contributed by atoms with van der Waals surface area (Å²) in [7, 11) is 0. The summed E-state index contributed by atoms with van der Waals surface area (Å²) < 4.78 is 41.2. The molecule has 25 heavy (non-hydrogen) atoms. The highest BCUT2D eigenvalue weighted by Crippen LogP contribution is 2.31. The molecule has 9 nitrogen and oxygen atoms in total. The smallest absolute Gasteiger partial charge is 0.435 e. The Kier molecular flexibility index (Phi) is 4.17.